The Morgan fingerprint density at radius 2 is 1.50 bits per heavy atom. The van der Waals surface area contributed by atoms with E-state index in [0.717, 1.165) is 53.8 Å². The van der Waals surface area contributed by atoms with Crippen molar-refractivity contribution in [3.8, 4) is 11.5 Å². The van der Waals surface area contributed by atoms with E-state index >= 15 is 0 Å². The minimum Gasteiger partial charge on any atom is -0.493 e. The van der Waals surface area contributed by atoms with Gasteiger partial charge >= 0.3 is 0 Å². The Morgan fingerprint density at radius 3 is 2.00 bits per heavy atom. The van der Waals surface area contributed by atoms with E-state index in [4.69, 9.17) is 9.47 Å². The van der Waals surface area contributed by atoms with E-state index in [9.17, 15) is 5.21 Å². The number of hydrogen-bond donors (Lipinski definition) is 1. The average Bonchev–Trinajstić information content (AvgIpc) is 2.76. The first kappa shape index (κ1) is 21.8. The molecule has 2 aromatic rings. The highest BCUT2D eigenvalue weighted by molar-refractivity contribution is 6.13. The first-order valence-corrected chi connectivity index (χ1v) is 9.95. The topological polar surface area (TPSA) is 51.0 Å². The SMILES string of the molecule is CC[N+](CC)(CC)CCc1cc(OC)c(OC)cc1/C(=N\O)c1ccccc1. The Balaban J connectivity index is 2.53. The maximum atomic E-state index is 9.83. The van der Waals surface area contributed by atoms with Gasteiger partial charge in [0.25, 0.3) is 0 Å². The van der Waals surface area contributed by atoms with E-state index in [1.165, 1.54) is 0 Å². The monoisotopic (exact) mass is 385 g/mol. The van der Waals surface area contributed by atoms with Crippen molar-refractivity contribution in [3.05, 3.63) is 59.2 Å². The summed E-state index contributed by atoms with van der Waals surface area (Å²) >= 11 is 0. The van der Waals surface area contributed by atoms with Gasteiger partial charge in [0.15, 0.2) is 11.5 Å². The smallest absolute Gasteiger partial charge is 0.161 e. The quantitative estimate of drug-likeness (QED) is 0.286. The number of methoxy groups -OCH3 is 2. The van der Waals surface area contributed by atoms with Crippen molar-refractivity contribution in [1.29, 1.82) is 0 Å². The molecule has 0 aliphatic heterocycles. The van der Waals surface area contributed by atoms with Gasteiger partial charge in [0.1, 0.15) is 5.71 Å². The zero-order chi connectivity index (χ0) is 20.6. The molecule has 0 radical (unpaired) electrons. The lowest BCUT2D eigenvalue weighted by atomic mass is 9.94. The normalized spacial score (nSPS) is 12.1. The summed E-state index contributed by atoms with van der Waals surface area (Å²) in [6.07, 6.45) is 0.858. The summed E-state index contributed by atoms with van der Waals surface area (Å²) in [5.41, 5.74) is 3.36. The molecule has 0 unspecified atom stereocenters. The van der Waals surface area contributed by atoms with Gasteiger partial charge in [-0.05, 0) is 38.5 Å². The molecule has 0 amide bonds. The molecular weight excluding hydrogens is 352 g/mol. The number of quaternary nitrogens is 1. The fourth-order valence-corrected chi connectivity index (χ4v) is 3.71. The highest BCUT2D eigenvalue weighted by Gasteiger charge is 2.23. The van der Waals surface area contributed by atoms with Crippen LogP contribution in [0.4, 0.5) is 0 Å². The predicted molar refractivity (Wildman–Crippen MR) is 114 cm³/mol. The number of nitrogens with zero attached hydrogens (tertiary/aromatic N) is 2. The zero-order valence-electron chi connectivity index (χ0n) is 17.7. The number of hydrogen-bond acceptors (Lipinski definition) is 4. The highest BCUT2D eigenvalue weighted by Crippen LogP contribution is 2.32. The van der Waals surface area contributed by atoms with Crippen LogP contribution in [-0.4, -0.2) is 55.8 Å². The maximum absolute atomic E-state index is 9.83. The van der Waals surface area contributed by atoms with Crippen molar-refractivity contribution in [1.82, 2.24) is 0 Å². The van der Waals surface area contributed by atoms with Gasteiger partial charge in [-0.25, -0.2) is 0 Å². The molecule has 2 aromatic carbocycles. The highest BCUT2D eigenvalue weighted by atomic mass is 16.5. The summed E-state index contributed by atoms with van der Waals surface area (Å²) in [5, 5.41) is 13.5. The molecule has 2 rings (SSSR count). The second-order valence-electron chi connectivity index (χ2n) is 6.94. The molecule has 5 nitrogen and oxygen atoms in total. The summed E-state index contributed by atoms with van der Waals surface area (Å²) in [6.45, 7) is 11.0. The van der Waals surface area contributed by atoms with E-state index in [2.05, 4.69) is 25.9 Å². The van der Waals surface area contributed by atoms with Gasteiger partial charge in [-0.3, -0.25) is 0 Å². The van der Waals surface area contributed by atoms with Crippen LogP contribution in [-0.2, 0) is 6.42 Å². The minimum absolute atomic E-state index is 0.541. The van der Waals surface area contributed by atoms with Crippen molar-refractivity contribution < 1.29 is 19.2 Å². The lowest BCUT2D eigenvalue weighted by Gasteiger charge is -2.36. The van der Waals surface area contributed by atoms with Crippen LogP contribution in [0.3, 0.4) is 0 Å². The van der Waals surface area contributed by atoms with Crippen molar-refractivity contribution in [3.63, 3.8) is 0 Å². The second kappa shape index (κ2) is 10.1. The van der Waals surface area contributed by atoms with Crippen molar-refractivity contribution in [2.75, 3.05) is 40.4 Å². The standard InChI is InChI=1S/C23H32N2O3/c1-6-25(7-2,8-3)15-14-19-16-21(27-4)22(28-5)17-20(19)23(24-26)18-12-10-9-11-13-18/h9-13,16-17H,6-8,14-15H2,1-5H3/p+1/b24-23-. The molecular formula is C23H33N2O3+. The molecule has 0 aliphatic rings. The van der Waals surface area contributed by atoms with E-state index in [0.29, 0.717) is 17.2 Å². The number of benzene rings is 2. The number of likely N-dealkylation sites (N-methyl/N-ethyl adjacent to an activating group) is 1. The second-order valence-corrected chi connectivity index (χ2v) is 6.94. The third-order valence-electron chi connectivity index (χ3n) is 5.88. The molecule has 0 aromatic heterocycles. The summed E-state index contributed by atoms with van der Waals surface area (Å²) in [6, 6.07) is 13.6. The Labute approximate surface area is 168 Å². The van der Waals surface area contributed by atoms with E-state index in [-0.39, 0.29) is 0 Å². The third-order valence-corrected chi connectivity index (χ3v) is 5.88. The van der Waals surface area contributed by atoms with Crippen molar-refractivity contribution in [2.24, 2.45) is 5.16 Å². The molecule has 152 valence electrons. The van der Waals surface area contributed by atoms with Gasteiger partial charge in [-0.15, -0.1) is 0 Å². The molecule has 0 heterocycles. The van der Waals surface area contributed by atoms with Gasteiger partial charge in [0.2, 0.25) is 0 Å². The molecule has 0 saturated heterocycles. The fraction of sp³-hybridized carbons (Fsp3) is 0.435. The molecule has 0 spiro atoms. The Kier molecular flexibility index (Phi) is 7.88. The van der Waals surface area contributed by atoms with Gasteiger partial charge < -0.3 is 19.2 Å². The number of rotatable bonds is 10. The minimum atomic E-state index is 0.541. The van der Waals surface area contributed by atoms with E-state index in [1.807, 2.05) is 42.5 Å². The molecule has 0 bridgehead atoms. The average molecular weight is 386 g/mol. The Morgan fingerprint density at radius 1 is 0.929 bits per heavy atom. The van der Waals surface area contributed by atoms with Crippen LogP contribution in [0.15, 0.2) is 47.6 Å². The molecule has 28 heavy (non-hydrogen) atoms. The lowest BCUT2D eigenvalue weighted by molar-refractivity contribution is -0.923. The Hall–Kier alpha value is -2.53. The fourth-order valence-electron chi connectivity index (χ4n) is 3.71. The molecule has 0 fully saturated rings. The van der Waals surface area contributed by atoms with Crippen LogP contribution in [0.2, 0.25) is 0 Å². The molecule has 0 saturated carbocycles. The molecule has 1 N–H and O–H groups in total. The van der Waals surface area contributed by atoms with E-state index in [1.54, 1.807) is 14.2 Å². The van der Waals surface area contributed by atoms with Crippen molar-refractivity contribution >= 4 is 5.71 Å². The van der Waals surface area contributed by atoms with Crippen LogP contribution in [0.1, 0.15) is 37.5 Å². The summed E-state index contributed by atoms with van der Waals surface area (Å²) in [7, 11) is 3.26. The molecule has 0 aliphatic carbocycles. The van der Waals surface area contributed by atoms with Gasteiger partial charge in [-0.2, -0.15) is 0 Å². The number of oxime groups is 1. The number of ether oxygens (including phenoxy) is 2. The van der Waals surface area contributed by atoms with Gasteiger partial charge in [0.05, 0.1) is 40.4 Å². The van der Waals surface area contributed by atoms with Crippen LogP contribution in [0.25, 0.3) is 0 Å². The van der Waals surface area contributed by atoms with Crippen LogP contribution < -0.4 is 9.47 Å². The van der Waals surface area contributed by atoms with Crippen LogP contribution in [0, 0.1) is 0 Å². The summed E-state index contributed by atoms with van der Waals surface area (Å²) in [4.78, 5) is 0. The van der Waals surface area contributed by atoms with Crippen molar-refractivity contribution in [2.45, 2.75) is 27.2 Å². The van der Waals surface area contributed by atoms with E-state index < -0.39 is 0 Å². The summed E-state index contributed by atoms with van der Waals surface area (Å²) < 4.78 is 12.1. The molecule has 5 heteroatoms. The largest absolute Gasteiger partial charge is 0.493 e. The Bertz CT molecular complexity index is 776. The van der Waals surface area contributed by atoms with Crippen LogP contribution in [0.5, 0.6) is 11.5 Å². The summed E-state index contributed by atoms with van der Waals surface area (Å²) in [5.74, 6) is 1.31. The maximum Gasteiger partial charge on any atom is 0.161 e. The van der Waals surface area contributed by atoms with Crippen LogP contribution >= 0.6 is 0 Å². The third kappa shape index (κ3) is 4.65. The van der Waals surface area contributed by atoms with Gasteiger partial charge in [0, 0.05) is 17.5 Å². The lowest BCUT2D eigenvalue weighted by Crippen LogP contribution is -2.48. The zero-order valence-corrected chi connectivity index (χ0v) is 17.7. The first-order chi connectivity index (χ1) is 13.6. The van der Waals surface area contributed by atoms with Gasteiger partial charge in [-0.1, -0.05) is 35.5 Å². The predicted octanol–water partition coefficient (Wildman–Crippen LogP) is 4.35. The molecule has 0 atom stereocenters. The first-order valence-electron chi connectivity index (χ1n) is 9.95.